The molecule has 4 heteroatoms. The van der Waals surface area contributed by atoms with Crippen LogP contribution in [0.3, 0.4) is 0 Å². The standard InChI is InChI=1S/C17H20N2OS/c1-3-13-4-8-15(9-5-13)19-17(20)18-12-14-6-10-16(21-2)11-7-14/h4-11H,3,12H2,1-2H3,(H2,18,19,20). The van der Waals surface area contributed by atoms with Gasteiger partial charge in [-0.05, 0) is 48.1 Å². The minimum absolute atomic E-state index is 0.187. The highest BCUT2D eigenvalue weighted by molar-refractivity contribution is 7.98. The third-order valence-corrected chi connectivity index (χ3v) is 3.98. The summed E-state index contributed by atoms with van der Waals surface area (Å²) in [5.41, 5.74) is 3.15. The third kappa shape index (κ3) is 4.83. The van der Waals surface area contributed by atoms with E-state index in [1.807, 2.05) is 42.7 Å². The molecule has 0 spiro atoms. The van der Waals surface area contributed by atoms with Crippen molar-refractivity contribution in [3.05, 3.63) is 59.7 Å². The van der Waals surface area contributed by atoms with Gasteiger partial charge in [0.25, 0.3) is 0 Å². The van der Waals surface area contributed by atoms with E-state index in [4.69, 9.17) is 0 Å². The van der Waals surface area contributed by atoms with Crippen LogP contribution in [0.2, 0.25) is 0 Å². The van der Waals surface area contributed by atoms with Gasteiger partial charge < -0.3 is 10.6 Å². The zero-order valence-electron chi connectivity index (χ0n) is 12.3. The summed E-state index contributed by atoms with van der Waals surface area (Å²) in [4.78, 5) is 13.1. The van der Waals surface area contributed by atoms with Crippen molar-refractivity contribution < 1.29 is 4.79 Å². The highest BCUT2D eigenvalue weighted by Gasteiger charge is 2.02. The van der Waals surface area contributed by atoms with Crippen molar-refractivity contribution >= 4 is 23.5 Å². The first-order valence-electron chi connectivity index (χ1n) is 6.98. The quantitative estimate of drug-likeness (QED) is 0.809. The number of carbonyl (C=O) groups is 1. The molecule has 2 rings (SSSR count). The van der Waals surface area contributed by atoms with E-state index in [1.54, 1.807) is 11.8 Å². The van der Waals surface area contributed by atoms with Gasteiger partial charge >= 0.3 is 6.03 Å². The number of amides is 2. The van der Waals surface area contributed by atoms with E-state index in [0.717, 1.165) is 17.7 Å². The molecule has 0 saturated heterocycles. The predicted molar refractivity (Wildman–Crippen MR) is 89.9 cm³/mol. The van der Waals surface area contributed by atoms with Crippen LogP contribution in [-0.2, 0) is 13.0 Å². The molecular formula is C17H20N2OS. The van der Waals surface area contributed by atoms with Gasteiger partial charge in [0, 0.05) is 17.1 Å². The van der Waals surface area contributed by atoms with Gasteiger partial charge in [-0.1, -0.05) is 31.2 Å². The minimum atomic E-state index is -0.187. The van der Waals surface area contributed by atoms with E-state index in [9.17, 15) is 4.79 Å². The summed E-state index contributed by atoms with van der Waals surface area (Å²) >= 11 is 1.71. The Morgan fingerprint density at radius 2 is 1.62 bits per heavy atom. The molecule has 0 fully saturated rings. The molecule has 0 atom stereocenters. The van der Waals surface area contributed by atoms with Crippen molar-refractivity contribution in [3.63, 3.8) is 0 Å². The second kappa shape index (κ2) is 7.74. The zero-order valence-corrected chi connectivity index (χ0v) is 13.2. The number of urea groups is 1. The van der Waals surface area contributed by atoms with E-state index in [1.165, 1.54) is 10.5 Å². The molecule has 0 aliphatic carbocycles. The number of rotatable bonds is 5. The van der Waals surface area contributed by atoms with Crippen LogP contribution in [0.5, 0.6) is 0 Å². The number of benzene rings is 2. The number of anilines is 1. The second-order valence-corrected chi connectivity index (χ2v) is 5.59. The lowest BCUT2D eigenvalue weighted by molar-refractivity contribution is 0.251. The van der Waals surface area contributed by atoms with Crippen LogP contribution in [0.4, 0.5) is 10.5 Å². The lowest BCUT2D eigenvalue weighted by Gasteiger charge is -2.08. The van der Waals surface area contributed by atoms with Crippen LogP contribution in [0.25, 0.3) is 0 Å². The third-order valence-electron chi connectivity index (χ3n) is 3.23. The lowest BCUT2D eigenvalue weighted by atomic mass is 10.1. The van der Waals surface area contributed by atoms with Crippen LogP contribution in [-0.4, -0.2) is 12.3 Å². The Balaban J connectivity index is 1.83. The van der Waals surface area contributed by atoms with Gasteiger partial charge in [-0.3, -0.25) is 0 Å². The molecule has 0 saturated carbocycles. The molecule has 2 aromatic rings. The highest BCUT2D eigenvalue weighted by Crippen LogP contribution is 2.14. The molecule has 3 nitrogen and oxygen atoms in total. The van der Waals surface area contributed by atoms with Gasteiger partial charge in [0.1, 0.15) is 0 Å². The molecule has 110 valence electrons. The number of hydrogen-bond acceptors (Lipinski definition) is 2. The average Bonchev–Trinajstić information content (AvgIpc) is 2.54. The molecule has 0 radical (unpaired) electrons. The Labute approximate surface area is 130 Å². The topological polar surface area (TPSA) is 41.1 Å². The predicted octanol–water partition coefficient (Wildman–Crippen LogP) is 4.29. The maximum atomic E-state index is 11.8. The van der Waals surface area contributed by atoms with Crippen LogP contribution >= 0.6 is 11.8 Å². The molecule has 0 heterocycles. The summed E-state index contributed by atoms with van der Waals surface area (Å²) in [6, 6.07) is 15.9. The summed E-state index contributed by atoms with van der Waals surface area (Å²) < 4.78 is 0. The number of thioether (sulfide) groups is 1. The molecule has 0 bridgehead atoms. The molecule has 0 aliphatic rings. The lowest BCUT2D eigenvalue weighted by Crippen LogP contribution is -2.28. The first-order valence-corrected chi connectivity index (χ1v) is 8.20. The summed E-state index contributed by atoms with van der Waals surface area (Å²) in [6.07, 6.45) is 3.04. The summed E-state index contributed by atoms with van der Waals surface area (Å²) in [7, 11) is 0. The van der Waals surface area contributed by atoms with E-state index in [0.29, 0.717) is 6.54 Å². The van der Waals surface area contributed by atoms with Crippen molar-refractivity contribution in [1.82, 2.24) is 5.32 Å². The van der Waals surface area contributed by atoms with Gasteiger partial charge in [0.2, 0.25) is 0 Å². The largest absolute Gasteiger partial charge is 0.334 e. The van der Waals surface area contributed by atoms with E-state index in [-0.39, 0.29) is 6.03 Å². The number of hydrogen-bond donors (Lipinski definition) is 2. The SMILES string of the molecule is CCc1ccc(NC(=O)NCc2ccc(SC)cc2)cc1. The van der Waals surface area contributed by atoms with Crippen LogP contribution in [0, 0.1) is 0 Å². The minimum Gasteiger partial charge on any atom is -0.334 e. The molecule has 2 N–H and O–H groups in total. The second-order valence-electron chi connectivity index (χ2n) is 4.71. The molecule has 2 aromatic carbocycles. The summed E-state index contributed by atoms with van der Waals surface area (Å²) in [5, 5.41) is 5.69. The number of aryl methyl sites for hydroxylation is 1. The summed E-state index contributed by atoms with van der Waals surface area (Å²) in [6.45, 7) is 2.63. The fraction of sp³-hybridized carbons (Fsp3) is 0.235. The van der Waals surface area contributed by atoms with Gasteiger partial charge in [-0.2, -0.15) is 0 Å². The Morgan fingerprint density at radius 3 is 2.19 bits per heavy atom. The molecule has 2 amide bonds. The van der Waals surface area contributed by atoms with Crippen molar-refractivity contribution in [2.45, 2.75) is 24.8 Å². The zero-order chi connectivity index (χ0) is 15.1. The maximum absolute atomic E-state index is 11.8. The highest BCUT2D eigenvalue weighted by atomic mass is 32.2. The van der Waals surface area contributed by atoms with Gasteiger partial charge in [-0.25, -0.2) is 4.79 Å². The normalized spacial score (nSPS) is 10.2. The summed E-state index contributed by atoms with van der Waals surface area (Å²) in [5.74, 6) is 0. The van der Waals surface area contributed by atoms with Gasteiger partial charge in [0.05, 0.1) is 0 Å². The van der Waals surface area contributed by atoms with Crippen LogP contribution in [0.15, 0.2) is 53.4 Å². The van der Waals surface area contributed by atoms with E-state index < -0.39 is 0 Å². The Kier molecular flexibility index (Phi) is 5.69. The maximum Gasteiger partial charge on any atom is 0.319 e. The molecule has 0 aromatic heterocycles. The molecular weight excluding hydrogens is 280 g/mol. The van der Waals surface area contributed by atoms with E-state index >= 15 is 0 Å². The number of nitrogens with one attached hydrogen (secondary N) is 2. The monoisotopic (exact) mass is 300 g/mol. The smallest absolute Gasteiger partial charge is 0.319 e. The van der Waals surface area contributed by atoms with Crippen LogP contribution < -0.4 is 10.6 Å². The average molecular weight is 300 g/mol. The van der Waals surface area contributed by atoms with Gasteiger partial charge in [0.15, 0.2) is 0 Å². The van der Waals surface area contributed by atoms with Crippen molar-refractivity contribution in [2.24, 2.45) is 0 Å². The molecule has 0 aliphatic heterocycles. The van der Waals surface area contributed by atoms with Crippen molar-refractivity contribution in [1.29, 1.82) is 0 Å². The first kappa shape index (κ1) is 15.4. The van der Waals surface area contributed by atoms with Crippen molar-refractivity contribution in [3.8, 4) is 0 Å². The number of carbonyl (C=O) groups excluding carboxylic acids is 1. The first-order chi connectivity index (χ1) is 10.2. The molecule has 0 unspecified atom stereocenters. The Bertz CT molecular complexity index is 579. The van der Waals surface area contributed by atoms with Crippen LogP contribution in [0.1, 0.15) is 18.1 Å². The molecule has 21 heavy (non-hydrogen) atoms. The van der Waals surface area contributed by atoms with Gasteiger partial charge in [-0.15, -0.1) is 11.8 Å². The fourth-order valence-electron chi connectivity index (χ4n) is 1.92. The Hall–Kier alpha value is -1.94. The fourth-order valence-corrected chi connectivity index (χ4v) is 2.33. The Morgan fingerprint density at radius 1 is 1.00 bits per heavy atom. The van der Waals surface area contributed by atoms with Crippen molar-refractivity contribution in [2.75, 3.05) is 11.6 Å². The van der Waals surface area contributed by atoms with E-state index in [2.05, 4.69) is 29.7 Å².